The van der Waals surface area contributed by atoms with Crippen LogP contribution < -0.4 is 5.56 Å². The SMILES string of the molecule is Cc1ccc(-c2cc3c([nH]2)c(=O)n(C)c2ccccc32)cc1. The third-order valence-electron chi connectivity index (χ3n) is 4.25. The maximum atomic E-state index is 12.6. The maximum absolute atomic E-state index is 12.6. The number of hydrogen-bond acceptors (Lipinski definition) is 1. The molecule has 22 heavy (non-hydrogen) atoms. The smallest absolute Gasteiger partial charge is 0.275 e. The molecule has 0 saturated carbocycles. The van der Waals surface area contributed by atoms with Crippen molar-refractivity contribution in [1.82, 2.24) is 9.55 Å². The quantitative estimate of drug-likeness (QED) is 0.565. The van der Waals surface area contributed by atoms with E-state index in [0.29, 0.717) is 5.52 Å². The van der Waals surface area contributed by atoms with Crippen LogP contribution in [0.3, 0.4) is 0 Å². The second-order valence-corrected chi connectivity index (χ2v) is 5.72. The molecular formula is C19H16N2O. The number of hydrogen-bond donors (Lipinski definition) is 1. The van der Waals surface area contributed by atoms with Gasteiger partial charge >= 0.3 is 0 Å². The molecule has 0 unspecified atom stereocenters. The third kappa shape index (κ3) is 1.79. The van der Waals surface area contributed by atoms with Gasteiger partial charge in [0.2, 0.25) is 0 Å². The molecule has 0 aliphatic rings. The lowest BCUT2D eigenvalue weighted by Gasteiger charge is -2.05. The number of aryl methyl sites for hydroxylation is 2. The number of aromatic nitrogens is 2. The van der Waals surface area contributed by atoms with Gasteiger partial charge in [-0.25, -0.2) is 0 Å². The molecule has 108 valence electrons. The van der Waals surface area contributed by atoms with Gasteiger partial charge in [-0.3, -0.25) is 4.79 Å². The lowest BCUT2D eigenvalue weighted by molar-refractivity contribution is 0.915. The Bertz CT molecular complexity index is 1050. The predicted molar refractivity (Wildman–Crippen MR) is 91.2 cm³/mol. The molecule has 3 heteroatoms. The van der Waals surface area contributed by atoms with Crippen LogP contribution in [0.5, 0.6) is 0 Å². The zero-order valence-electron chi connectivity index (χ0n) is 12.6. The molecule has 0 saturated heterocycles. The Hall–Kier alpha value is -2.81. The van der Waals surface area contributed by atoms with Gasteiger partial charge in [-0.1, -0.05) is 48.0 Å². The van der Waals surface area contributed by atoms with Gasteiger partial charge < -0.3 is 9.55 Å². The molecule has 4 aromatic rings. The van der Waals surface area contributed by atoms with Gasteiger partial charge in [0.05, 0.1) is 5.52 Å². The summed E-state index contributed by atoms with van der Waals surface area (Å²) in [6.45, 7) is 2.07. The van der Waals surface area contributed by atoms with Crippen molar-refractivity contribution in [1.29, 1.82) is 0 Å². The number of aromatic amines is 1. The molecule has 0 amide bonds. The van der Waals surface area contributed by atoms with Crippen LogP contribution in [-0.2, 0) is 7.05 Å². The third-order valence-corrected chi connectivity index (χ3v) is 4.25. The molecule has 0 bridgehead atoms. The highest BCUT2D eigenvalue weighted by Crippen LogP contribution is 2.27. The van der Waals surface area contributed by atoms with Crippen molar-refractivity contribution in [2.75, 3.05) is 0 Å². The minimum Gasteiger partial charge on any atom is -0.350 e. The van der Waals surface area contributed by atoms with Crippen molar-refractivity contribution in [2.24, 2.45) is 7.05 Å². The fourth-order valence-electron chi connectivity index (χ4n) is 3.00. The minimum absolute atomic E-state index is 0.00654. The Balaban J connectivity index is 2.09. The molecule has 0 radical (unpaired) electrons. The number of nitrogens with one attached hydrogen (secondary N) is 1. The summed E-state index contributed by atoms with van der Waals surface area (Å²) >= 11 is 0. The molecule has 0 atom stereocenters. The number of nitrogens with zero attached hydrogens (tertiary/aromatic N) is 1. The van der Waals surface area contributed by atoms with Crippen LogP contribution in [0.2, 0.25) is 0 Å². The molecule has 2 aromatic heterocycles. The van der Waals surface area contributed by atoms with Gasteiger partial charge in [-0.15, -0.1) is 0 Å². The van der Waals surface area contributed by atoms with Crippen LogP contribution in [0, 0.1) is 6.92 Å². The van der Waals surface area contributed by atoms with Crippen LogP contribution in [0.1, 0.15) is 5.56 Å². The van der Waals surface area contributed by atoms with Gasteiger partial charge in [0.25, 0.3) is 5.56 Å². The second kappa shape index (κ2) is 4.60. The molecule has 0 spiro atoms. The van der Waals surface area contributed by atoms with Crippen molar-refractivity contribution in [3.63, 3.8) is 0 Å². The van der Waals surface area contributed by atoms with Gasteiger partial charge in [-0.2, -0.15) is 0 Å². The fourth-order valence-corrected chi connectivity index (χ4v) is 3.00. The summed E-state index contributed by atoms with van der Waals surface area (Å²) < 4.78 is 1.70. The summed E-state index contributed by atoms with van der Waals surface area (Å²) in [5.74, 6) is 0. The highest BCUT2D eigenvalue weighted by molar-refractivity contribution is 6.06. The maximum Gasteiger partial charge on any atom is 0.275 e. The van der Waals surface area contributed by atoms with Crippen molar-refractivity contribution >= 4 is 21.8 Å². The predicted octanol–water partition coefficient (Wildman–Crippen LogP) is 4.00. The molecular weight excluding hydrogens is 272 g/mol. The van der Waals surface area contributed by atoms with E-state index in [2.05, 4.69) is 48.3 Å². The van der Waals surface area contributed by atoms with Crippen LogP contribution in [0.25, 0.3) is 33.1 Å². The number of fused-ring (bicyclic) bond motifs is 3. The monoisotopic (exact) mass is 288 g/mol. The summed E-state index contributed by atoms with van der Waals surface area (Å²) in [4.78, 5) is 15.9. The van der Waals surface area contributed by atoms with E-state index in [1.54, 1.807) is 4.57 Å². The highest BCUT2D eigenvalue weighted by Gasteiger charge is 2.12. The molecule has 0 aliphatic carbocycles. The first-order valence-corrected chi connectivity index (χ1v) is 7.32. The van der Waals surface area contributed by atoms with Crippen molar-refractivity contribution in [3.8, 4) is 11.3 Å². The summed E-state index contributed by atoms with van der Waals surface area (Å²) in [6.07, 6.45) is 0. The molecule has 4 rings (SSSR count). The Morgan fingerprint density at radius 2 is 1.68 bits per heavy atom. The van der Waals surface area contributed by atoms with E-state index in [9.17, 15) is 4.79 Å². The molecule has 2 heterocycles. The molecule has 3 nitrogen and oxygen atoms in total. The number of H-pyrrole nitrogens is 1. The average Bonchev–Trinajstić information content (AvgIpc) is 2.99. The van der Waals surface area contributed by atoms with Crippen LogP contribution in [0.15, 0.2) is 59.4 Å². The molecule has 0 fully saturated rings. The van der Waals surface area contributed by atoms with Crippen molar-refractivity contribution in [3.05, 3.63) is 70.5 Å². The first-order valence-electron chi connectivity index (χ1n) is 7.32. The number of para-hydroxylation sites is 1. The zero-order valence-corrected chi connectivity index (χ0v) is 12.6. The summed E-state index contributed by atoms with van der Waals surface area (Å²) in [7, 11) is 1.82. The van der Waals surface area contributed by atoms with E-state index in [1.165, 1.54) is 5.56 Å². The van der Waals surface area contributed by atoms with E-state index in [4.69, 9.17) is 0 Å². The van der Waals surface area contributed by atoms with E-state index in [-0.39, 0.29) is 5.56 Å². The molecule has 2 aromatic carbocycles. The summed E-state index contributed by atoms with van der Waals surface area (Å²) in [6, 6.07) is 18.4. The molecule has 1 N–H and O–H groups in total. The molecule has 0 aliphatic heterocycles. The van der Waals surface area contributed by atoms with Gasteiger partial charge in [0, 0.05) is 23.5 Å². The standard InChI is InChI=1S/C19H16N2O/c1-12-7-9-13(10-8-12)16-11-15-14-5-3-4-6-17(14)21(2)19(22)18(15)20-16/h3-11,20H,1-2H3. The van der Waals surface area contributed by atoms with E-state index < -0.39 is 0 Å². The van der Waals surface area contributed by atoms with E-state index in [1.807, 2.05) is 25.2 Å². The Morgan fingerprint density at radius 1 is 0.955 bits per heavy atom. The lowest BCUT2D eigenvalue weighted by atomic mass is 10.1. The highest BCUT2D eigenvalue weighted by atomic mass is 16.1. The number of rotatable bonds is 1. The average molecular weight is 288 g/mol. The van der Waals surface area contributed by atoms with Gasteiger partial charge in [0.1, 0.15) is 5.52 Å². The zero-order chi connectivity index (χ0) is 15.3. The number of pyridine rings is 1. The second-order valence-electron chi connectivity index (χ2n) is 5.72. The van der Waals surface area contributed by atoms with E-state index in [0.717, 1.165) is 27.5 Å². The first kappa shape index (κ1) is 12.9. The van der Waals surface area contributed by atoms with Gasteiger partial charge in [0.15, 0.2) is 0 Å². The van der Waals surface area contributed by atoms with Crippen molar-refractivity contribution < 1.29 is 0 Å². The first-order chi connectivity index (χ1) is 10.6. The van der Waals surface area contributed by atoms with Gasteiger partial charge in [-0.05, 0) is 24.6 Å². The summed E-state index contributed by atoms with van der Waals surface area (Å²) in [5, 5.41) is 2.07. The largest absolute Gasteiger partial charge is 0.350 e. The number of benzene rings is 2. The normalized spacial score (nSPS) is 11.4. The Kier molecular flexibility index (Phi) is 2.70. The minimum atomic E-state index is 0.00654. The Labute approximate surface area is 127 Å². The topological polar surface area (TPSA) is 37.8 Å². The fraction of sp³-hybridized carbons (Fsp3) is 0.105. The van der Waals surface area contributed by atoms with Crippen LogP contribution in [0.4, 0.5) is 0 Å². The van der Waals surface area contributed by atoms with Crippen molar-refractivity contribution in [2.45, 2.75) is 6.92 Å². The van der Waals surface area contributed by atoms with Crippen LogP contribution >= 0.6 is 0 Å². The Morgan fingerprint density at radius 3 is 2.45 bits per heavy atom. The van der Waals surface area contributed by atoms with E-state index >= 15 is 0 Å². The lowest BCUT2D eigenvalue weighted by Crippen LogP contribution is -2.17. The summed E-state index contributed by atoms with van der Waals surface area (Å²) in [5.41, 5.74) is 4.91. The van der Waals surface area contributed by atoms with Crippen LogP contribution in [-0.4, -0.2) is 9.55 Å².